The molecular weight excluding hydrogens is 352 g/mol. The van der Waals surface area contributed by atoms with E-state index in [1.165, 1.54) is 0 Å². The van der Waals surface area contributed by atoms with Gasteiger partial charge in [-0.2, -0.15) is 5.10 Å². The largest absolute Gasteiger partial charge is 0.373 e. The number of aromatic nitrogens is 2. The van der Waals surface area contributed by atoms with Crippen molar-refractivity contribution in [3.8, 4) is 5.69 Å². The van der Waals surface area contributed by atoms with Crippen molar-refractivity contribution >= 4 is 17.5 Å². The fourth-order valence-electron chi connectivity index (χ4n) is 3.27. The Labute approximate surface area is 159 Å². The highest BCUT2D eigenvalue weighted by Crippen LogP contribution is 2.19. The highest BCUT2D eigenvalue weighted by molar-refractivity contribution is 6.32. The van der Waals surface area contributed by atoms with E-state index in [0.717, 1.165) is 25.3 Å². The van der Waals surface area contributed by atoms with E-state index in [4.69, 9.17) is 16.3 Å². The van der Waals surface area contributed by atoms with Crippen LogP contribution in [0.4, 0.5) is 0 Å². The topological polar surface area (TPSA) is 50.6 Å². The summed E-state index contributed by atoms with van der Waals surface area (Å²) in [6, 6.07) is 9.15. The van der Waals surface area contributed by atoms with Crippen LogP contribution in [0.2, 0.25) is 5.02 Å². The van der Waals surface area contributed by atoms with Crippen LogP contribution < -0.4 is 0 Å². The lowest BCUT2D eigenvalue weighted by Gasteiger charge is -2.36. The van der Waals surface area contributed by atoms with Crippen LogP contribution in [0, 0.1) is 0 Å². The maximum absolute atomic E-state index is 12.6. The summed E-state index contributed by atoms with van der Waals surface area (Å²) in [5, 5.41) is 4.98. The Morgan fingerprint density at radius 2 is 1.96 bits per heavy atom. The van der Waals surface area contributed by atoms with Gasteiger partial charge in [0.2, 0.25) is 0 Å². The van der Waals surface area contributed by atoms with Crippen LogP contribution in [0.25, 0.3) is 5.69 Å². The molecular formula is C19H25ClN4O2. The first-order valence-corrected chi connectivity index (χ1v) is 9.25. The first-order valence-electron chi connectivity index (χ1n) is 8.88. The second-order valence-electron chi connectivity index (χ2n) is 6.84. The van der Waals surface area contributed by atoms with Crippen molar-refractivity contribution in [2.24, 2.45) is 0 Å². The molecule has 0 aliphatic carbocycles. The fraction of sp³-hybridized carbons (Fsp3) is 0.474. The van der Waals surface area contributed by atoms with Gasteiger partial charge in [0.1, 0.15) is 0 Å². The Morgan fingerprint density at radius 1 is 1.27 bits per heavy atom. The first-order chi connectivity index (χ1) is 12.4. The third-order valence-corrected chi connectivity index (χ3v) is 4.82. The SMILES string of the molecule is C[C@@H]1CN(CCN(C)C(=O)c2ccn(-c3ccccc3Cl)n2)C[C@H](C)O1. The number of ether oxygens (including phenoxy) is 1. The molecule has 1 aromatic heterocycles. The fourth-order valence-corrected chi connectivity index (χ4v) is 3.49. The minimum Gasteiger partial charge on any atom is -0.373 e. The van der Waals surface area contributed by atoms with E-state index in [-0.39, 0.29) is 18.1 Å². The highest BCUT2D eigenvalue weighted by atomic mass is 35.5. The van der Waals surface area contributed by atoms with Crippen molar-refractivity contribution < 1.29 is 9.53 Å². The van der Waals surface area contributed by atoms with Gasteiger partial charge in [-0.3, -0.25) is 9.69 Å². The number of likely N-dealkylation sites (N-methyl/N-ethyl adjacent to an activating group) is 1. The van der Waals surface area contributed by atoms with E-state index in [9.17, 15) is 4.79 Å². The molecule has 0 radical (unpaired) electrons. The number of para-hydroxylation sites is 1. The zero-order valence-electron chi connectivity index (χ0n) is 15.4. The number of amides is 1. The van der Waals surface area contributed by atoms with Crippen molar-refractivity contribution in [1.29, 1.82) is 0 Å². The molecule has 0 N–H and O–H groups in total. The number of carbonyl (C=O) groups excluding carboxylic acids is 1. The molecule has 7 heteroatoms. The Kier molecular flexibility index (Phi) is 5.96. The molecule has 0 bridgehead atoms. The van der Waals surface area contributed by atoms with Gasteiger partial charge in [-0.15, -0.1) is 0 Å². The lowest BCUT2D eigenvalue weighted by atomic mass is 10.2. The van der Waals surface area contributed by atoms with Gasteiger partial charge in [0.25, 0.3) is 5.91 Å². The summed E-state index contributed by atoms with van der Waals surface area (Å²) in [5.74, 6) is -0.0924. The molecule has 2 atom stereocenters. The summed E-state index contributed by atoms with van der Waals surface area (Å²) in [4.78, 5) is 16.7. The summed E-state index contributed by atoms with van der Waals surface area (Å²) in [6.45, 7) is 7.43. The van der Waals surface area contributed by atoms with E-state index in [0.29, 0.717) is 17.3 Å². The van der Waals surface area contributed by atoms with Gasteiger partial charge < -0.3 is 9.64 Å². The molecule has 0 saturated carbocycles. The molecule has 1 aromatic carbocycles. The van der Waals surface area contributed by atoms with Crippen LogP contribution in [0.15, 0.2) is 36.5 Å². The highest BCUT2D eigenvalue weighted by Gasteiger charge is 2.23. The minimum atomic E-state index is -0.0924. The Balaban J connectivity index is 1.60. The molecule has 26 heavy (non-hydrogen) atoms. The van der Waals surface area contributed by atoms with E-state index in [1.54, 1.807) is 27.9 Å². The zero-order valence-corrected chi connectivity index (χ0v) is 16.2. The summed E-state index contributed by atoms with van der Waals surface area (Å²) < 4.78 is 7.38. The van der Waals surface area contributed by atoms with Gasteiger partial charge in [-0.25, -0.2) is 4.68 Å². The number of hydrogen-bond donors (Lipinski definition) is 0. The van der Waals surface area contributed by atoms with Crippen LogP contribution in [0.1, 0.15) is 24.3 Å². The second kappa shape index (κ2) is 8.20. The van der Waals surface area contributed by atoms with Gasteiger partial charge in [-0.1, -0.05) is 23.7 Å². The number of morpholine rings is 1. The minimum absolute atomic E-state index is 0.0924. The predicted molar refractivity (Wildman–Crippen MR) is 102 cm³/mol. The quantitative estimate of drug-likeness (QED) is 0.805. The standard InChI is InChI=1S/C19H25ClN4O2/c1-14-12-23(13-15(2)26-14)11-10-22(3)19(25)17-8-9-24(21-17)18-7-5-4-6-16(18)20/h4-9,14-15H,10-13H2,1-3H3/t14-,15+. The smallest absolute Gasteiger partial charge is 0.274 e. The summed E-state index contributed by atoms with van der Waals surface area (Å²) in [5.41, 5.74) is 1.17. The number of benzene rings is 1. The Bertz CT molecular complexity index is 754. The van der Waals surface area contributed by atoms with Gasteiger partial charge in [0.05, 0.1) is 22.9 Å². The predicted octanol–water partition coefficient (Wildman–Crippen LogP) is 2.71. The molecule has 0 spiro atoms. The zero-order chi connectivity index (χ0) is 18.7. The average Bonchev–Trinajstić information content (AvgIpc) is 3.08. The van der Waals surface area contributed by atoms with Gasteiger partial charge in [0.15, 0.2) is 5.69 Å². The first kappa shape index (κ1) is 18.9. The molecule has 1 amide bonds. The summed E-state index contributed by atoms with van der Waals surface area (Å²) in [7, 11) is 1.81. The van der Waals surface area contributed by atoms with E-state index in [1.807, 2.05) is 25.2 Å². The van der Waals surface area contributed by atoms with E-state index in [2.05, 4.69) is 23.8 Å². The maximum atomic E-state index is 12.6. The number of hydrogen-bond acceptors (Lipinski definition) is 4. The van der Waals surface area contributed by atoms with Gasteiger partial charge in [0, 0.05) is 39.4 Å². The van der Waals surface area contributed by atoms with Crippen LogP contribution in [-0.2, 0) is 4.74 Å². The second-order valence-corrected chi connectivity index (χ2v) is 7.25. The maximum Gasteiger partial charge on any atom is 0.274 e. The molecule has 140 valence electrons. The molecule has 3 rings (SSSR count). The lowest BCUT2D eigenvalue weighted by molar-refractivity contribution is -0.0685. The Hall–Kier alpha value is -1.89. The molecule has 1 saturated heterocycles. The number of nitrogens with zero attached hydrogens (tertiary/aromatic N) is 4. The third-order valence-electron chi connectivity index (χ3n) is 4.50. The van der Waals surface area contributed by atoms with Crippen LogP contribution in [0.5, 0.6) is 0 Å². The van der Waals surface area contributed by atoms with Crippen LogP contribution >= 0.6 is 11.6 Å². The molecule has 1 aliphatic heterocycles. The van der Waals surface area contributed by atoms with Crippen LogP contribution in [-0.4, -0.2) is 70.9 Å². The van der Waals surface area contributed by atoms with Crippen LogP contribution in [0.3, 0.4) is 0 Å². The van der Waals surface area contributed by atoms with E-state index < -0.39 is 0 Å². The number of carbonyl (C=O) groups is 1. The Morgan fingerprint density at radius 3 is 2.65 bits per heavy atom. The summed E-state index contributed by atoms with van der Waals surface area (Å²) >= 11 is 6.20. The molecule has 0 unspecified atom stereocenters. The normalized spacial score (nSPS) is 20.9. The van der Waals surface area contributed by atoms with Crippen molar-refractivity contribution in [3.63, 3.8) is 0 Å². The molecule has 1 fully saturated rings. The average molecular weight is 377 g/mol. The molecule has 2 aromatic rings. The van der Waals surface area contributed by atoms with Crippen molar-refractivity contribution in [2.75, 3.05) is 33.2 Å². The van der Waals surface area contributed by atoms with Gasteiger partial charge >= 0.3 is 0 Å². The number of rotatable bonds is 5. The van der Waals surface area contributed by atoms with Crippen molar-refractivity contribution in [1.82, 2.24) is 19.6 Å². The van der Waals surface area contributed by atoms with Gasteiger partial charge in [-0.05, 0) is 32.0 Å². The van der Waals surface area contributed by atoms with Crippen molar-refractivity contribution in [3.05, 3.63) is 47.2 Å². The third kappa shape index (κ3) is 4.44. The van der Waals surface area contributed by atoms with E-state index >= 15 is 0 Å². The molecule has 6 nitrogen and oxygen atoms in total. The lowest BCUT2D eigenvalue weighted by Crippen LogP contribution is -2.48. The van der Waals surface area contributed by atoms with Crippen molar-refractivity contribution in [2.45, 2.75) is 26.1 Å². The molecule has 2 heterocycles. The molecule has 1 aliphatic rings. The summed E-state index contributed by atoms with van der Waals surface area (Å²) in [6.07, 6.45) is 2.21. The monoisotopic (exact) mass is 376 g/mol. The number of halogens is 1.